The van der Waals surface area contributed by atoms with Crippen molar-refractivity contribution in [3.05, 3.63) is 40.4 Å². The summed E-state index contributed by atoms with van der Waals surface area (Å²) in [6.45, 7) is 0. The summed E-state index contributed by atoms with van der Waals surface area (Å²) in [6, 6.07) is 7.58. The Morgan fingerprint density at radius 3 is 1.92 bits per heavy atom. The normalized spacial score (nSPS) is 10.0. The Balaban J connectivity index is 2.17. The van der Waals surface area contributed by atoms with Crippen molar-refractivity contribution in [3.8, 4) is 17.2 Å². The minimum atomic E-state index is -0.456. The first-order valence-corrected chi connectivity index (χ1v) is 7.57. The van der Waals surface area contributed by atoms with Gasteiger partial charge in [0.2, 0.25) is 5.75 Å². The van der Waals surface area contributed by atoms with Gasteiger partial charge in [-0.2, -0.15) is 0 Å². The number of amides is 2. The number of benzene rings is 2. The molecule has 0 heterocycles. The van der Waals surface area contributed by atoms with Gasteiger partial charge >= 0.3 is 6.03 Å². The van der Waals surface area contributed by atoms with Crippen molar-refractivity contribution in [3.63, 3.8) is 0 Å². The van der Waals surface area contributed by atoms with Crippen molar-refractivity contribution in [1.29, 1.82) is 0 Å². The second-order valence-corrected chi connectivity index (χ2v) is 5.44. The fourth-order valence-corrected chi connectivity index (χ4v) is 2.32. The maximum absolute atomic E-state index is 12.1. The lowest BCUT2D eigenvalue weighted by molar-refractivity contribution is 0.262. The van der Waals surface area contributed by atoms with Gasteiger partial charge in [-0.1, -0.05) is 23.2 Å². The molecule has 0 aliphatic rings. The van der Waals surface area contributed by atoms with Gasteiger partial charge in [-0.3, -0.25) is 0 Å². The molecule has 6 nitrogen and oxygen atoms in total. The lowest BCUT2D eigenvalue weighted by Gasteiger charge is -2.15. The minimum Gasteiger partial charge on any atom is -0.493 e. The average molecular weight is 371 g/mol. The van der Waals surface area contributed by atoms with Crippen LogP contribution in [-0.4, -0.2) is 27.4 Å². The van der Waals surface area contributed by atoms with E-state index in [1.54, 1.807) is 30.3 Å². The Morgan fingerprint density at radius 2 is 1.42 bits per heavy atom. The van der Waals surface area contributed by atoms with E-state index < -0.39 is 6.03 Å². The number of carbonyl (C=O) groups excluding carboxylic acids is 1. The Morgan fingerprint density at radius 1 is 0.833 bits per heavy atom. The van der Waals surface area contributed by atoms with Crippen LogP contribution in [0.1, 0.15) is 0 Å². The number of ether oxygens (including phenoxy) is 3. The molecule has 0 atom stereocenters. The predicted molar refractivity (Wildman–Crippen MR) is 95.2 cm³/mol. The van der Waals surface area contributed by atoms with Crippen LogP contribution in [0.5, 0.6) is 17.2 Å². The van der Waals surface area contributed by atoms with Gasteiger partial charge in [0.15, 0.2) is 11.5 Å². The third-order valence-electron chi connectivity index (χ3n) is 3.10. The van der Waals surface area contributed by atoms with Crippen molar-refractivity contribution in [2.75, 3.05) is 32.0 Å². The molecule has 0 fully saturated rings. The van der Waals surface area contributed by atoms with Gasteiger partial charge in [0.05, 0.1) is 37.1 Å². The molecule has 2 rings (SSSR count). The largest absolute Gasteiger partial charge is 0.493 e. The molecule has 2 N–H and O–H groups in total. The Hall–Kier alpha value is -2.31. The number of hydrogen-bond donors (Lipinski definition) is 2. The zero-order chi connectivity index (χ0) is 17.7. The predicted octanol–water partition coefficient (Wildman–Crippen LogP) is 4.66. The quantitative estimate of drug-likeness (QED) is 0.802. The summed E-state index contributed by atoms with van der Waals surface area (Å²) in [7, 11) is 4.50. The molecule has 0 radical (unpaired) electrons. The molecule has 128 valence electrons. The molecule has 0 spiro atoms. The summed E-state index contributed by atoms with van der Waals surface area (Å²) in [4.78, 5) is 12.1. The smallest absolute Gasteiger partial charge is 0.323 e. The van der Waals surface area contributed by atoms with E-state index in [1.807, 2.05) is 0 Å². The van der Waals surface area contributed by atoms with Crippen molar-refractivity contribution in [2.45, 2.75) is 0 Å². The van der Waals surface area contributed by atoms with Crippen LogP contribution in [0.3, 0.4) is 0 Å². The number of urea groups is 1. The first-order chi connectivity index (χ1) is 11.5. The minimum absolute atomic E-state index is 0.349. The number of methoxy groups -OCH3 is 3. The molecule has 0 unspecified atom stereocenters. The topological polar surface area (TPSA) is 68.8 Å². The van der Waals surface area contributed by atoms with E-state index in [0.29, 0.717) is 38.7 Å². The second-order valence-electron chi connectivity index (χ2n) is 4.62. The second kappa shape index (κ2) is 7.99. The first-order valence-electron chi connectivity index (χ1n) is 6.81. The summed E-state index contributed by atoms with van der Waals surface area (Å²) in [5.41, 5.74) is 0.983. The van der Waals surface area contributed by atoms with Crippen LogP contribution in [0.25, 0.3) is 0 Å². The van der Waals surface area contributed by atoms with E-state index in [2.05, 4.69) is 10.6 Å². The molecule has 2 aromatic carbocycles. The van der Waals surface area contributed by atoms with Crippen LogP contribution < -0.4 is 24.8 Å². The maximum atomic E-state index is 12.1. The van der Waals surface area contributed by atoms with Crippen molar-refractivity contribution in [1.82, 2.24) is 0 Å². The van der Waals surface area contributed by atoms with Gasteiger partial charge in [-0.05, 0) is 18.2 Å². The summed E-state index contributed by atoms with van der Waals surface area (Å²) in [5.74, 6) is 1.30. The van der Waals surface area contributed by atoms with Gasteiger partial charge < -0.3 is 24.8 Å². The van der Waals surface area contributed by atoms with Crippen LogP contribution >= 0.6 is 23.2 Å². The fourth-order valence-electron chi connectivity index (χ4n) is 2.02. The zero-order valence-electron chi connectivity index (χ0n) is 13.3. The third-order valence-corrected chi connectivity index (χ3v) is 3.84. The van der Waals surface area contributed by atoms with E-state index in [9.17, 15) is 4.79 Å². The first kappa shape index (κ1) is 18.0. The number of rotatable bonds is 5. The molecule has 2 amide bonds. The summed E-state index contributed by atoms with van der Waals surface area (Å²) in [6.07, 6.45) is 0. The van der Waals surface area contributed by atoms with Crippen LogP contribution in [0.4, 0.5) is 16.2 Å². The highest BCUT2D eigenvalue weighted by molar-refractivity contribution is 6.42. The molecule has 0 aromatic heterocycles. The number of halogens is 2. The highest BCUT2D eigenvalue weighted by atomic mass is 35.5. The van der Waals surface area contributed by atoms with E-state index in [0.717, 1.165) is 0 Å². The molecule has 0 aliphatic heterocycles. The zero-order valence-corrected chi connectivity index (χ0v) is 14.8. The summed E-state index contributed by atoms with van der Waals surface area (Å²) < 4.78 is 15.7. The van der Waals surface area contributed by atoms with Crippen LogP contribution in [0.15, 0.2) is 30.3 Å². The van der Waals surface area contributed by atoms with Crippen molar-refractivity contribution in [2.24, 2.45) is 0 Å². The molecular formula is C16H16Cl2N2O4. The molecule has 0 saturated carbocycles. The van der Waals surface area contributed by atoms with Gasteiger partial charge in [0.25, 0.3) is 0 Å². The lowest BCUT2D eigenvalue weighted by atomic mass is 10.2. The van der Waals surface area contributed by atoms with Gasteiger partial charge in [0.1, 0.15) is 0 Å². The highest BCUT2D eigenvalue weighted by Gasteiger charge is 2.14. The molecular weight excluding hydrogens is 355 g/mol. The fraction of sp³-hybridized carbons (Fsp3) is 0.188. The van der Waals surface area contributed by atoms with E-state index in [1.165, 1.54) is 21.3 Å². The third kappa shape index (κ3) is 4.15. The standard InChI is InChI=1S/C16H16Cl2N2O4/c1-22-13-7-10(8-14(23-2)15(13)24-3)20-16(21)19-9-4-5-11(17)12(18)6-9/h4-8H,1-3H3,(H2,19,20,21). The van der Waals surface area contributed by atoms with Crippen LogP contribution in [-0.2, 0) is 0 Å². The number of anilines is 2. The monoisotopic (exact) mass is 370 g/mol. The SMILES string of the molecule is COc1cc(NC(=O)Nc2ccc(Cl)c(Cl)c2)cc(OC)c1OC. The molecule has 24 heavy (non-hydrogen) atoms. The number of nitrogens with one attached hydrogen (secondary N) is 2. The van der Waals surface area contributed by atoms with E-state index >= 15 is 0 Å². The van der Waals surface area contributed by atoms with Crippen LogP contribution in [0, 0.1) is 0 Å². The lowest BCUT2D eigenvalue weighted by Crippen LogP contribution is -2.19. The van der Waals surface area contributed by atoms with Crippen molar-refractivity contribution >= 4 is 40.6 Å². The average Bonchev–Trinajstić information content (AvgIpc) is 2.57. The Labute approximate surface area is 149 Å². The summed E-state index contributed by atoms with van der Waals surface area (Å²) >= 11 is 11.8. The van der Waals surface area contributed by atoms with Gasteiger partial charge in [-0.25, -0.2) is 4.79 Å². The molecule has 2 aromatic rings. The molecule has 0 aliphatic carbocycles. The number of hydrogen-bond acceptors (Lipinski definition) is 4. The maximum Gasteiger partial charge on any atom is 0.323 e. The van der Waals surface area contributed by atoms with E-state index in [-0.39, 0.29) is 0 Å². The Kier molecular flexibility index (Phi) is 6.00. The molecule has 0 saturated heterocycles. The highest BCUT2D eigenvalue weighted by Crippen LogP contribution is 2.39. The molecule has 8 heteroatoms. The van der Waals surface area contributed by atoms with Crippen molar-refractivity contribution < 1.29 is 19.0 Å². The summed E-state index contributed by atoms with van der Waals surface area (Å²) in [5, 5.41) is 6.10. The van der Waals surface area contributed by atoms with Gasteiger partial charge in [-0.15, -0.1) is 0 Å². The van der Waals surface area contributed by atoms with Crippen LogP contribution in [0.2, 0.25) is 10.0 Å². The number of carbonyl (C=O) groups is 1. The Bertz CT molecular complexity index is 728. The van der Waals surface area contributed by atoms with Gasteiger partial charge in [0, 0.05) is 17.8 Å². The molecule has 0 bridgehead atoms. The van der Waals surface area contributed by atoms with E-state index in [4.69, 9.17) is 37.4 Å².